The van der Waals surface area contributed by atoms with Crippen molar-refractivity contribution in [1.29, 1.82) is 0 Å². The van der Waals surface area contributed by atoms with Crippen molar-refractivity contribution in [2.45, 2.75) is 13.8 Å². The summed E-state index contributed by atoms with van der Waals surface area (Å²) in [6.07, 6.45) is 3.12. The summed E-state index contributed by atoms with van der Waals surface area (Å²) in [6, 6.07) is 13.1. The molecule has 0 atom stereocenters. The number of pyridine rings is 1. The van der Waals surface area contributed by atoms with Gasteiger partial charge in [0.2, 0.25) is 5.88 Å². The lowest BCUT2D eigenvalue weighted by atomic mass is 10.1. The van der Waals surface area contributed by atoms with E-state index in [1.807, 2.05) is 30.3 Å². The third-order valence-electron chi connectivity index (χ3n) is 5.33. The van der Waals surface area contributed by atoms with Gasteiger partial charge in [0.05, 0.1) is 40.3 Å². The van der Waals surface area contributed by atoms with E-state index in [0.29, 0.717) is 33.4 Å². The summed E-state index contributed by atoms with van der Waals surface area (Å²) >= 11 is 1.39. The number of methoxy groups -OCH3 is 1. The van der Waals surface area contributed by atoms with E-state index in [9.17, 15) is 9.59 Å². The molecule has 10 heteroatoms. The molecule has 1 amide bonds. The van der Waals surface area contributed by atoms with Gasteiger partial charge in [-0.15, -0.1) is 11.3 Å². The second-order valence-corrected chi connectivity index (χ2v) is 8.44. The highest BCUT2D eigenvalue weighted by atomic mass is 32.1. The van der Waals surface area contributed by atoms with Crippen LogP contribution in [0.5, 0.6) is 0 Å². The van der Waals surface area contributed by atoms with Gasteiger partial charge in [-0.3, -0.25) is 10.1 Å². The van der Waals surface area contributed by atoms with Crippen molar-refractivity contribution in [2.24, 2.45) is 0 Å². The molecule has 9 nitrogen and oxygen atoms in total. The third kappa shape index (κ3) is 3.63. The van der Waals surface area contributed by atoms with Crippen LogP contribution in [0, 0.1) is 13.8 Å². The fourth-order valence-corrected chi connectivity index (χ4v) is 4.69. The highest BCUT2D eigenvalue weighted by molar-refractivity contribution is 7.21. The van der Waals surface area contributed by atoms with Crippen molar-refractivity contribution in [2.75, 3.05) is 12.4 Å². The van der Waals surface area contributed by atoms with Crippen LogP contribution >= 0.6 is 11.3 Å². The number of rotatable bonds is 5. The molecule has 0 aliphatic heterocycles. The van der Waals surface area contributed by atoms with Gasteiger partial charge in [0, 0.05) is 6.20 Å². The molecule has 0 spiro atoms. The highest BCUT2D eigenvalue weighted by Crippen LogP contribution is 2.40. The van der Waals surface area contributed by atoms with Gasteiger partial charge in [0.1, 0.15) is 16.3 Å². The monoisotopic (exact) mass is 473 g/mol. The first kappa shape index (κ1) is 21.5. The first-order valence-electron chi connectivity index (χ1n) is 10.3. The molecule has 5 rings (SSSR count). The number of aromatic nitrogens is 4. The molecule has 0 radical (unpaired) electrons. The van der Waals surface area contributed by atoms with E-state index >= 15 is 0 Å². The molecule has 0 saturated heterocycles. The minimum Gasteiger partial charge on any atom is -0.465 e. The quantitative estimate of drug-likeness (QED) is 0.365. The van der Waals surface area contributed by atoms with Gasteiger partial charge in [-0.25, -0.2) is 19.4 Å². The Morgan fingerprint density at radius 1 is 1.12 bits per heavy atom. The molecule has 5 aromatic rings. The predicted octanol–water partition coefficient (Wildman–Crippen LogP) is 4.79. The molecule has 0 bridgehead atoms. The smallest absolute Gasteiger partial charge is 0.342 e. The van der Waals surface area contributed by atoms with E-state index in [1.54, 1.807) is 36.9 Å². The van der Waals surface area contributed by atoms with Crippen molar-refractivity contribution in [3.63, 3.8) is 0 Å². The van der Waals surface area contributed by atoms with Crippen molar-refractivity contribution < 1.29 is 18.7 Å². The number of hydrogen-bond donors (Lipinski definition) is 1. The van der Waals surface area contributed by atoms with E-state index in [-0.39, 0.29) is 11.4 Å². The summed E-state index contributed by atoms with van der Waals surface area (Å²) in [5.74, 6) is 0.0163. The van der Waals surface area contributed by atoms with Crippen LogP contribution in [0.25, 0.3) is 26.6 Å². The van der Waals surface area contributed by atoms with Crippen molar-refractivity contribution in [1.82, 2.24) is 19.7 Å². The van der Waals surface area contributed by atoms with Crippen LogP contribution in [0.1, 0.15) is 32.2 Å². The molecule has 0 saturated carbocycles. The van der Waals surface area contributed by atoms with Gasteiger partial charge in [0.15, 0.2) is 5.82 Å². The van der Waals surface area contributed by atoms with E-state index < -0.39 is 11.9 Å². The zero-order valence-corrected chi connectivity index (χ0v) is 19.3. The number of ether oxygens (including phenoxy) is 1. The number of thiazole rings is 1. The highest BCUT2D eigenvalue weighted by Gasteiger charge is 2.29. The van der Waals surface area contributed by atoms with E-state index in [0.717, 1.165) is 10.2 Å². The van der Waals surface area contributed by atoms with Crippen molar-refractivity contribution in [3.8, 4) is 16.4 Å². The number of nitrogens with one attached hydrogen (secondary N) is 1. The van der Waals surface area contributed by atoms with E-state index in [2.05, 4.69) is 20.4 Å². The minimum atomic E-state index is -0.574. The average Bonchev–Trinajstić information content (AvgIpc) is 3.53. The molecule has 0 aliphatic rings. The summed E-state index contributed by atoms with van der Waals surface area (Å²) in [5, 5.41) is 7.63. The molecule has 0 fully saturated rings. The Balaban J connectivity index is 1.56. The molecule has 4 aromatic heterocycles. The zero-order chi connectivity index (χ0) is 23.8. The molecular formula is C24H19N5O4S. The number of anilines is 1. The van der Waals surface area contributed by atoms with Gasteiger partial charge in [0.25, 0.3) is 5.91 Å². The maximum Gasteiger partial charge on any atom is 0.342 e. The molecule has 34 heavy (non-hydrogen) atoms. The second-order valence-electron chi connectivity index (χ2n) is 7.41. The molecule has 1 N–H and O–H groups in total. The Hall–Kier alpha value is -4.31. The number of furan rings is 1. The topological polar surface area (TPSA) is 112 Å². The fraction of sp³-hybridized carbons (Fsp3) is 0.125. The molecular weight excluding hydrogens is 454 g/mol. The van der Waals surface area contributed by atoms with Gasteiger partial charge < -0.3 is 9.15 Å². The van der Waals surface area contributed by atoms with Crippen LogP contribution in [-0.4, -0.2) is 38.7 Å². The number of amides is 1. The molecule has 170 valence electrons. The van der Waals surface area contributed by atoms with Crippen LogP contribution < -0.4 is 5.32 Å². The molecule has 1 aromatic carbocycles. The number of carbonyl (C=O) groups excluding carboxylic acids is 2. The van der Waals surface area contributed by atoms with Gasteiger partial charge >= 0.3 is 5.97 Å². The summed E-state index contributed by atoms with van der Waals surface area (Å²) < 4.78 is 13.3. The number of para-hydroxylation sites is 1. The van der Waals surface area contributed by atoms with E-state index in [4.69, 9.17) is 9.15 Å². The number of fused-ring (bicyclic) bond motifs is 1. The van der Waals surface area contributed by atoms with Gasteiger partial charge in [-0.2, -0.15) is 5.10 Å². The Bertz CT molecular complexity index is 1500. The third-order valence-corrected chi connectivity index (χ3v) is 6.38. The number of esters is 1. The first-order chi connectivity index (χ1) is 16.5. The van der Waals surface area contributed by atoms with Crippen LogP contribution in [-0.2, 0) is 4.74 Å². The van der Waals surface area contributed by atoms with Crippen LogP contribution in [0.15, 0.2) is 59.3 Å². The Morgan fingerprint density at radius 3 is 2.65 bits per heavy atom. The number of nitrogens with zero attached hydrogens (tertiary/aromatic N) is 4. The molecule has 4 heterocycles. The summed E-state index contributed by atoms with van der Waals surface area (Å²) in [4.78, 5) is 34.7. The lowest BCUT2D eigenvalue weighted by Gasteiger charge is -2.06. The largest absolute Gasteiger partial charge is 0.465 e. The Labute approximate surface area is 198 Å². The van der Waals surface area contributed by atoms with Crippen LogP contribution in [0.2, 0.25) is 0 Å². The average molecular weight is 474 g/mol. The summed E-state index contributed by atoms with van der Waals surface area (Å²) in [5.41, 5.74) is 2.33. The zero-order valence-electron chi connectivity index (χ0n) is 18.5. The SMILES string of the molecule is COC(=O)c1c(C)oc(NC(=O)c2cnn(-c3ccccn3)c2C)c1-c1nc2ccccc2s1. The molecule has 0 aliphatic carbocycles. The minimum absolute atomic E-state index is 0.118. The number of carbonyl (C=O) groups is 2. The number of aryl methyl sites for hydroxylation is 1. The molecule has 0 unspecified atom stereocenters. The van der Waals surface area contributed by atoms with Crippen molar-refractivity contribution >= 4 is 39.3 Å². The van der Waals surface area contributed by atoms with Crippen LogP contribution in [0.3, 0.4) is 0 Å². The Morgan fingerprint density at radius 2 is 1.91 bits per heavy atom. The van der Waals surface area contributed by atoms with Gasteiger partial charge in [-0.05, 0) is 38.1 Å². The first-order valence-corrected chi connectivity index (χ1v) is 11.1. The maximum absolute atomic E-state index is 13.2. The normalized spacial score (nSPS) is 11.0. The van der Waals surface area contributed by atoms with Crippen molar-refractivity contribution in [3.05, 3.63) is 77.4 Å². The predicted molar refractivity (Wildman–Crippen MR) is 127 cm³/mol. The second kappa shape index (κ2) is 8.56. The maximum atomic E-state index is 13.2. The number of benzene rings is 1. The van der Waals surface area contributed by atoms with E-state index in [1.165, 1.54) is 24.6 Å². The van der Waals surface area contributed by atoms with Gasteiger partial charge in [-0.1, -0.05) is 18.2 Å². The Kier molecular flexibility index (Phi) is 5.42. The fourth-order valence-electron chi connectivity index (χ4n) is 3.68. The van der Waals surface area contributed by atoms with Crippen LogP contribution in [0.4, 0.5) is 5.88 Å². The summed E-state index contributed by atoms with van der Waals surface area (Å²) in [7, 11) is 1.30. The summed E-state index contributed by atoms with van der Waals surface area (Å²) in [6.45, 7) is 3.42. The number of hydrogen-bond acceptors (Lipinski definition) is 8. The lowest BCUT2D eigenvalue weighted by molar-refractivity contribution is 0.0599. The standard InChI is InChI=1S/C24H19N5O4S/c1-13-15(12-26-29(13)18-10-6-7-11-25-18)21(30)28-22-20(19(14(2)33-22)24(31)32-3)23-27-16-8-4-5-9-17(16)34-23/h4-12H,1-3H3,(H,28,30). The lowest BCUT2D eigenvalue weighted by Crippen LogP contribution is -2.14.